The van der Waals surface area contributed by atoms with E-state index >= 15 is 0 Å². The van der Waals surface area contributed by atoms with Gasteiger partial charge in [0.1, 0.15) is 12.4 Å². The quantitative estimate of drug-likeness (QED) is 0.855. The van der Waals surface area contributed by atoms with E-state index < -0.39 is 0 Å². The summed E-state index contributed by atoms with van der Waals surface area (Å²) in [7, 11) is 0. The van der Waals surface area contributed by atoms with Crippen molar-refractivity contribution >= 4 is 5.91 Å². The lowest BCUT2D eigenvalue weighted by Gasteiger charge is -2.28. The van der Waals surface area contributed by atoms with E-state index in [0.717, 1.165) is 31.3 Å². The minimum Gasteiger partial charge on any atom is -0.490 e. The molecule has 1 aliphatic heterocycles. The number of ether oxygens (including phenoxy) is 2. The molecule has 1 saturated heterocycles. The number of para-hydroxylation sites is 1. The molecule has 0 spiro atoms. The third kappa shape index (κ3) is 3.69. The lowest BCUT2D eigenvalue weighted by molar-refractivity contribution is 0.0669. The predicted octanol–water partition coefficient (Wildman–Crippen LogP) is 3.80. The van der Waals surface area contributed by atoms with Gasteiger partial charge in [-0.3, -0.25) is 4.79 Å². The van der Waals surface area contributed by atoms with Crippen LogP contribution in [0.3, 0.4) is 0 Å². The van der Waals surface area contributed by atoms with Gasteiger partial charge in [-0.1, -0.05) is 18.6 Å². The zero-order valence-corrected chi connectivity index (χ0v) is 15.1. The summed E-state index contributed by atoms with van der Waals surface area (Å²) in [5.74, 6) is 3.00. The number of fused-ring (bicyclic) bond motifs is 2. The maximum absolute atomic E-state index is 12.8. The van der Waals surface area contributed by atoms with Gasteiger partial charge in [0.15, 0.2) is 0 Å². The third-order valence-corrected chi connectivity index (χ3v) is 6.37. The van der Waals surface area contributed by atoms with Crippen molar-refractivity contribution in [2.45, 2.75) is 57.6 Å². The number of hydrogen-bond donors (Lipinski definition) is 1. The monoisotopic (exact) mass is 343 g/mol. The van der Waals surface area contributed by atoms with E-state index in [1.165, 1.54) is 25.7 Å². The van der Waals surface area contributed by atoms with E-state index in [1.54, 1.807) is 0 Å². The molecular weight excluding hydrogens is 314 g/mol. The van der Waals surface area contributed by atoms with Gasteiger partial charge in [0.2, 0.25) is 0 Å². The number of amides is 1. The molecule has 2 saturated carbocycles. The summed E-state index contributed by atoms with van der Waals surface area (Å²) in [6.45, 7) is 3.50. The second-order valence-electron chi connectivity index (χ2n) is 8.04. The van der Waals surface area contributed by atoms with E-state index in [4.69, 9.17) is 9.47 Å². The minimum atomic E-state index is -0.0155. The minimum absolute atomic E-state index is 0.0155. The maximum atomic E-state index is 12.8. The molecule has 1 amide bonds. The Morgan fingerprint density at radius 3 is 2.88 bits per heavy atom. The fourth-order valence-electron chi connectivity index (χ4n) is 5.04. The van der Waals surface area contributed by atoms with Crippen molar-refractivity contribution in [2.75, 3.05) is 13.2 Å². The van der Waals surface area contributed by atoms with E-state index in [-0.39, 0.29) is 18.1 Å². The Kier molecular flexibility index (Phi) is 4.98. The molecule has 136 valence electrons. The first-order chi connectivity index (χ1) is 12.2. The van der Waals surface area contributed by atoms with Crippen molar-refractivity contribution in [3.8, 4) is 5.75 Å². The average molecular weight is 343 g/mol. The molecule has 25 heavy (non-hydrogen) atoms. The van der Waals surface area contributed by atoms with Gasteiger partial charge in [-0.05, 0) is 68.9 Å². The van der Waals surface area contributed by atoms with Gasteiger partial charge in [0, 0.05) is 12.6 Å². The van der Waals surface area contributed by atoms with Crippen LogP contribution in [0.25, 0.3) is 0 Å². The Morgan fingerprint density at radius 2 is 2.16 bits per heavy atom. The molecule has 1 N–H and O–H groups in total. The van der Waals surface area contributed by atoms with Crippen LogP contribution in [-0.4, -0.2) is 31.3 Å². The molecule has 3 aliphatic rings. The first-order valence-electron chi connectivity index (χ1n) is 9.85. The Hall–Kier alpha value is -1.55. The molecule has 2 aliphatic carbocycles. The third-order valence-electron chi connectivity index (χ3n) is 6.37. The fourth-order valence-corrected chi connectivity index (χ4v) is 5.04. The number of nitrogens with one attached hydrogen (secondary N) is 1. The smallest absolute Gasteiger partial charge is 0.255 e. The molecule has 4 rings (SSSR count). The number of carbonyl (C=O) groups is 1. The SMILES string of the molecule is CC(NC(=O)c1ccccc1OCC1CCCO1)C1CC2CCC1C2. The van der Waals surface area contributed by atoms with Gasteiger partial charge >= 0.3 is 0 Å². The van der Waals surface area contributed by atoms with Crippen LogP contribution < -0.4 is 10.1 Å². The largest absolute Gasteiger partial charge is 0.490 e. The summed E-state index contributed by atoms with van der Waals surface area (Å²) < 4.78 is 11.5. The number of carbonyl (C=O) groups excluding carboxylic acids is 1. The predicted molar refractivity (Wildman–Crippen MR) is 96.8 cm³/mol. The zero-order valence-electron chi connectivity index (χ0n) is 15.1. The molecule has 1 aromatic carbocycles. The van der Waals surface area contributed by atoms with Crippen LogP contribution in [-0.2, 0) is 4.74 Å². The summed E-state index contributed by atoms with van der Waals surface area (Å²) in [6, 6.07) is 7.78. The molecule has 4 heteroatoms. The van der Waals surface area contributed by atoms with Gasteiger partial charge in [-0.15, -0.1) is 0 Å². The van der Waals surface area contributed by atoms with Crippen molar-refractivity contribution in [1.29, 1.82) is 0 Å². The van der Waals surface area contributed by atoms with Gasteiger partial charge in [0.25, 0.3) is 5.91 Å². The average Bonchev–Trinajstić information content (AvgIpc) is 3.37. The van der Waals surface area contributed by atoms with Crippen molar-refractivity contribution < 1.29 is 14.3 Å². The van der Waals surface area contributed by atoms with E-state index in [9.17, 15) is 4.79 Å². The molecule has 1 aromatic rings. The Labute approximate surface area is 150 Å². The highest BCUT2D eigenvalue weighted by Gasteiger charge is 2.42. The van der Waals surface area contributed by atoms with Crippen molar-refractivity contribution in [3.05, 3.63) is 29.8 Å². The van der Waals surface area contributed by atoms with Crippen LogP contribution in [0.4, 0.5) is 0 Å². The van der Waals surface area contributed by atoms with Gasteiger partial charge in [-0.2, -0.15) is 0 Å². The fraction of sp³-hybridized carbons (Fsp3) is 0.667. The Morgan fingerprint density at radius 1 is 1.28 bits per heavy atom. The zero-order chi connectivity index (χ0) is 17.2. The van der Waals surface area contributed by atoms with E-state index in [0.29, 0.717) is 23.8 Å². The summed E-state index contributed by atoms with van der Waals surface area (Å²) in [5, 5.41) is 3.24. The first kappa shape index (κ1) is 16.9. The first-order valence-corrected chi connectivity index (χ1v) is 9.85. The van der Waals surface area contributed by atoms with Gasteiger partial charge in [-0.25, -0.2) is 0 Å². The van der Waals surface area contributed by atoms with Crippen LogP contribution in [0.15, 0.2) is 24.3 Å². The van der Waals surface area contributed by atoms with Crippen LogP contribution in [0.1, 0.15) is 55.8 Å². The molecular formula is C21H29NO3. The summed E-state index contributed by atoms with van der Waals surface area (Å²) >= 11 is 0. The molecule has 4 nitrogen and oxygen atoms in total. The highest BCUT2D eigenvalue weighted by molar-refractivity contribution is 5.97. The second kappa shape index (κ2) is 7.36. The van der Waals surface area contributed by atoms with Crippen LogP contribution in [0.5, 0.6) is 5.75 Å². The topological polar surface area (TPSA) is 47.6 Å². The van der Waals surface area contributed by atoms with Crippen LogP contribution in [0.2, 0.25) is 0 Å². The summed E-state index contributed by atoms with van der Waals surface area (Å²) in [5.41, 5.74) is 0.635. The van der Waals surface area contributed by atoms with Crippen molar-refractivity contribution in [2.24, 2.45) is 17.8 Å². The molecule has 3 fully saturated rings. The maximum Gasteiger partial charge on any atom is 0.255 e. The lowest BCUT2D eigenvalue weighted by atomic mass is 9.84. The van der Waals surface area contributed by atoms with E-state index in [2.05, 4.69) is 12.2 Å². The second-order valence-corrected chi connectivity index (χ2v) is 8.04. The normalized spacial score (nSPS) is 31.9. The molecule has 1 heterocycles. The summed E-state index contributed by atoms with van der Waals surface area (Å²) in [4.78, 5) is 12.8. The van der Waals surface area contributed by atoms with Crippen LogP contribution in [0, 0.1) is 17.8 Å². The highest BCUT2D eigenvalue weighted by Crippen LogP contribution is 2.49. The standard InChI is InChI=1S/C21H29NO3/c1-14(19-12-15-8-9-16(19)11-15)22-21(23)18-6-2-3-7-20(18)25-13-17-5-4-10-24-17/h2-3,6-7,14-17,19H,4-5,8-13H2,1H3,(H,22,23). The molecule has 0 aromatic heterocycles. The Balaban J connectivity index is 1.37. The molecule has 0 radical (unpaired) electrons. The highest BCUT2D eigenvalue weighted by atomic mass is 16.5. The number of benzene rings is 1. The number of rotatable bonds is 6. The molecule has 5 unspecified atom stereocenters. The van der Waals surface area contributed by atoms with Crippen molar-refractivity contribution in [3.63, 3.8) is 0 Å². The summed E-state index contributed by atoms with van der Waals surface area (Å²) in [6.07, 6.45) is 7.67. The lowest BCUT2D eigenvalue weighted by Crippen LogP contribution is -2.40. The van der Waals surface area contributed by atoms with Gasteiger partial charge < -0.3 is 14.8 Å². The van der Waals surface area contributed by atoms with Gasteiger partial charge in [0.05, 0.1) is 11.7 Å². The van der Waals surface area contributed by atoms with Crippen molar-refractivity contribution in [1.82, 2.24) is 5.32 Å². The molecule has 5 atom stereocenters. The number of hydrogen-bond acceptors (Lipinski definition) is 3. The van der Waals surface area contributed by atoms with E-state index in [1.807, 2.05) is 24.3 Å². The molecule has 2 bridgehead atoms. The Bertz CT molecular complexity index is 611. The van der Waals surface area contributed by atoms with Crippen LogP contribution >= 0.6 is 0 Å².